The van der Waals surface area contributed by atoms with E-state index in [1.165, 1.54) is 201 Å². The molecule has 0 spiro atoms. The first-order valence-electron chi connectivity index (χ1n) is 23.5. The Hall–Kier alpha value is -1.12. The number of unbranched alkanes of at least 4 members (excludes halogenated alkanes) is 20. The molecule has 2 aromatic rings. The first-order valence-corrected chi connectivity index (χ1v) is 25.1. The molecule has 300 valence electrons. The molecule has 1 unspecified atom stereocenters. The van der Waals surface area contributed by atoms with Crippen LogP contribution in [0.15, 0.2) is 56.5 Å². The second-order valence-corrected chi connectivity index (χ2v) is 19.8. The second-order valence-electron chi connectivity index (χ2n) is 17.9. The van der Waals surface area contributed by atoms with Crippen molar-refractivity contribution in [1.82, 2.24) is 0 Å². The Morgan fingerprint density at radius 1 is 0.519 bits per heavy atom. The highest BCUT2D eigenvalue weighted by molar-refractivity contribution is 9.10. The maximum atomic E-state index is 4.01. The van der Waals surface area contributed by atoms with Crippen molar-refractivity contribution in [3.8, 4) is 0 Å². The normalized spacial score (nSPS) is 17.7. The summed E-state index contributed by atoms with van der Waals surface area (Å²) in [5, 5.41) is 0. The monoisotopic (exact) mass is 860 g/mol. The van der Waals surface area contributed by atoms with E-state index in [0.29, 0.717) is 5.92 Å². The van der Waals surface area contributed by atoms with Crippen molar-refractivity contribution in [1.29, 1.82) is 0 Å². The van der Waals surface area contributed by atoms with E-state index in [2.05, 4.69) is 102 Å². The lowest BCUT2D eigenvalue weighted by Gasteiger charge is -2.55. The second kappa shape index (κ2) is 22.7. The van der Waals surface area contributed by atoms with E-state index in [1.54, 1.807) is 16.7 Å². The number of hydrogen-bond acceptors (Lipinski definition) is 0. The Morgan fingerprint density at radius 2 is 0.963 bits per heavy atom. The molecule has 2 heteroatoms. The fourth-order valence-electron chi connectivity index (χ4n) is 11.3. The van der Waals surface area contributed by atoms with Gasteiger partial charge < -0.3 is 0 Å². The Kier molecular flexibility index (Phi) is 18.5. The van der Waals surface area contributed by atoms with Gasteiger partial charge in [0.25, 0.3) is 0 Å². The number of rotatable bonds is 28. The van der Waals surface area contributed by atoms with E-state index in [4.69, 9.17) is 0 Å². The number of hydrogen-bond donors (Lipinski definition) is 0. The third kappa shape index (κ3) is 10.7. The average Bonchev–Trinajstić information content (AvgIpc) is 3.75. The fourth-order valence-corrected chi connectivity index (χ4v) is 12.0. The SMILES string of the molecule is CCCCCCCCC1(CCCCCCCC)C2=Cc3ccc(Br)cc3C2C(CCCCCCCC)(CCCCCCCC)C2=C1c1cc(Br)ccc1C2. The summed E-state index contributed by atoms with van der Waals surface area (Å²) in [4.78, 5) is 0. The van der Waals surface area contributed by atoms with Gasteiger partial charge in [-0.2, -0.15) is 0 Å². The molecule has 5 rings (SSSR count). The van der Waals surface area contributed by atoms with Gasteiger partial charge in [-0.25, -0.2) is 0 Å². The van der Waals surface area contributed by atoms with Crippen molar-refractivity contribution in [2.75, 3.05) is 0 Å². The van der Waals surface area contributed by atoms with Crippen LogP contribution in [-0.2, 0) is 6.42 Å². The summed E-state index contributed by atoms with van der Waals surface area (Å²) in [6.45, 7) is 9.42. The van der Waals surface area contributed by atoms with Crippen LogP contribution >= 0.6 is 31.9 Å². The fraction of sp³-hybridized carbons (Fsp3) is 0.692. The van der Waals surface area contributed by atoms with Crippen molar-refractivity contribution in [2.45, 2.75) is 220 Å². The van der Waals surface area contributed by atoms with Gasteiger partial charge in [0.05, 0.1) is 0 Å². The van der Waals surface area contributed by atoms with E-state index in [1.807, 2.05) is 16.7 Å². The molecule has 0 aliphatic heterocycles. The van der Waals surface area contributed by atoms with Crippen molar-refractivity contribution in [3.05, 3.63) is 78.7 Å². The molecule has 0 aromatic heterocycles. The van der Waals surface area contributed by atoms with E-state index >= 15 is 0 Å². The van der Waals surface area contributed by atoms with Crippen LogP contribution in [0.3, 0.4) is 0 Å². The highest BCUT2D eigenvalue weighted by Gasteiger charge is 2.59. The van der Waals surface area contributed by atoms with Crippen molar-refractivity contribution < 1.29 is 0 Å². The number of halogens is 2. The zero-order valence-electron chi connectivity index (χ0n) is 35.4. The topological polar surface area (TPSA) is 0 Å². The van der Waals surface area contributed by atoms with Gasteiger partial charge in [0.2, 0.25) is 0 Å². The maximum Gasteiger partial charge on any atom is 0.0181 e. The smallest absolute Gasteiger partial charge is 0.0181 e. The Balaban J connectivity index is 1.66. The molecule has 3 aliphatic rings. The van der Waals surface area contributed by atoms with E-state index < -0.39 is 0 Å². The summed E-state index contributed by atoms with van der Waals surface area (Å²) in [5.41, 5.74) is 12.3. The number of allylic oxidation sites excluding steroid dienone is 3. The molecule has 0 heterocycles. The maximum absolute atomic E-state index is 4.01. The minimum atomic E-state index is 0.124. The minimum absolute atomic E-state index is 0.124. The zero-order valence-corrected chi connectivity index (χ0v) is 38.6. The molecule has 3 aliphatic carbocycles. The highest BCUT2D eigenvalue weighted by Crippen LogP contribution is 2.72. The summed E-state index contributed by atoms with van der Waals surface area (Å²) >= 11 is 8.03. The molecule has 0 radical (unpaired) electrons. The first-order chi connectivity index (χ1) is 26.5. The third-order valence-electron chi connectivity index (χ3n) is 14.0. The highest BCUT2D eigenvalue weighted by atomic mass is 79.9. The van der Waals surface area contributed by atoms with Gasteiger partial charge in [-0.1, -0.05) is 243 Å². The van der Waals surface area contributed by atoms with Gasteiger partial charge >= 0.3 is 0 Å². The van der Waals surface area contributed by atoms with Crippen molar-refractivity contribution in [3.63, 3.8) is 0 Å². The lowest BCUT2D eigenvalue weighted by atomic mass is 9.48. The lowest BCUT2D eigenvalue weighted by Crippen LogP contribution is -2.43. The molecule has 2 aromatic carbocycles. The first kappa shape index (κ1) is 44.0. The quantitative estimate of drug-likeness (QED) is 0.0748. The van der Waals surface area contributed by atoms with Crippen LogP contribution in [0.25, 0.3) is 11.6 Å². The molecule has 0 bridgehead atoms. The predicted molar refractivity (Wildman–Crippen MR) is 246 cm³/mol. The van der Waals surface area contributed by atoms with Crippen LogP contribution in [0.1, 0.15) is 236 Å². The largest absolute Gasteiger partial charge is 0.0654 e. The zero-order chi connectivity index (χ0) is 38.2. The van der Waals surface area contributed by atoms with Gasteiger partial charge in [-0.15, -0.1) is 0 Å². The van der Waals surface area contributed by atoms with Gasteiger partial charge in [0, 0.05) is 25.7 Å². The van der Waals surface area contributed by atoms with Gasteiger partial charge in [0.1, 0.15) is 0 Å². The standard InChI is InChI=1S/C52H78Br2/c1-5-9-13-17-21-25-33-51(34-26-22-18-14-10-6-2)47-37-41-29-31-44(54)40-46(41)50(47)52(35-27-23-19-15-11-7-3,36-28-24-20-16-12-8-4)48-38-42-30-32-43(53)39-45(42)49(48)51/h29-32,37,39-40,50H,5-28,33-36,38H2,1-4H3. The summed E-state index contributed by atoms with van der Waals surface area (Å²) in [6.07, 6.45) is 42.3. The molecule has 0 saturated carbocycles. The minimum Gasteiger partial charge on any atom is -0.0654 e. The molecule has 1 atom stereocenters. The summed E-state index contributed by atoms with van der Waals surface area (Å²) in [6, 6.07) is 14.8. The molecule has 0 amide bonds. The lowest BCUT2D eigenvalue weighted by molar-refractivity contribution is 0.196. The summed E-state index contributed by atoms with van der Waals surface area (Å²) in [5.74, 6) is 0.507. The van der Waals surface area contributed by atoms with Crippen LogP contribution in [0, 0.1) is 10.8 Å². The molecule has 0 saturated heterocycles. The Bertz CT molecular complexity index is 1460. The Labute approximate surface area is 350 Å². The Morgan fingerprint density at radius 3 is 1.48 bits per heavy atom. The summed E-state index contributed by atoms with van der Waals surface area (Å²) in [7, 11) is 0. The average molecular weight is 863 g/mol. The van der Waals surface area contributed by atoms with Crippen LogP contribution in [-0.4, -0.2) is 0 Å². The van der Waals surface area contributed by atoms with E-state index in [9.17, 15) is 0 Å². The van der Waals surface area contributed by atoms with Crippen molar-refractivity contribution >= 4 is 43.5 Å². The van der Waals surface area contributed by atoms with E-state index in [-0.39, 0.29) is 10.8 Å². The van der Waals surface area contributed by atoms with Crippen LogP contribution in [0.4, 0.5) is 0 Å². The summed E-state index contributed by atoms with van der Waals surface area (Å²) < 4.78 is 2.52. The van der Waals surface area contributed by atoms with Gasteiger partial charge in [-0.3, -0.25) is 0 Å². The molecule has 0 fully saturated rings. The van der Waals surface area contributed by atoms with Gasteiger partial charge in [-0.05, 0) is 84.2 Å². The van der Waals surface area contributed by atoms with Crippen LogP contribution in [0.5, 0.6) is 0 Å². The van der Waals surface area contributed by atoms with Gasteiger partial charge in [0.15, 0.2) is 0 Å². The van der Waals surface area contributed by atoms with Crippen molar-refractivity contribution in [2.24, 2.45) is 10.8 Å². The molecule has 54 heavy (non-hydrogen) atoms. The third-order valence-corrected chi connectivity index (χ3v) is 15.0. The molecule has 0 nitrogen and oxygen atoms in total. The number of fused-ring (bicyclic) bond motifs is 5. The molecular formula is C52H78Br2. The molecule has 0 N–H and O–H groups in total. The molecular weight excluding hydrogens is 784 g/mol. The van der Waals surface area contributed by atoms with E-state index in [0.717, 1.165) is 0 Å². The number of benzene rings is 2. The predicted octanol–water partition coefficient (Wildman–Crippen LogP) is 18.7. The van der Waals surface area contributed by atoms with Crippen LogP contribution in [0.2, 0.25) is 0 Å². The van der Waals surface area contributed by atoms with Crippen LogP contribution < -0.4 is 0 Å².